The van der Waals surface area contributed by atoms with Crippen LogP contribution in [0.3, 0.4) is 0 Å². The summed E-state index contributed by atoms with van der Waals surface area (Å²) in [4.78, 5) is 12.5. The van der Waals surface area contributed by atoms with Crippen LogP contribution in [0.15, 0.2) is 54.6 Å². The van der Waals surface area contributed by atoms with Gasteiger partial charge in [0.25, 0.3) is 0 Å². The molecule has 2 aliphatic heterocycles. The van der Waals surface area contributed by atoms with Gasteiger partial charge < -0.3 is 10.1 Å². The number of aryl methyl sites for hydroxylation is 2. The van der Waals surface area contributed by atoms with Crippen LogP contribution in [-0.2, 0) is 21.4 Å². The molecule has 1 amide bonds. The van der Waals surface area contributed by atoms with Crippen molar-refractivity contribution in [3.05, 3.63) is 76.9 Å². The lowest BCUT2D eigenvalue weighted by Crippen LogP contribution is -2.36. The summed E-state index contributed by atoms with van der Waals surface area (Å²) in [6.07, 6.45) is 4.75. The Morgan fingerprint density at radius 2 is 1.93 bits per heavy atom. The summed E-state index contributed by atoms with van der Waals surface area (Å²) in [6.45, 7) is 12.6. The number of rotatable bonds is 5. The first-order valence-electron chi connectivity index (χ1n) is 11.0. The summed E-state index contributed by atoms with van der Waals surface area (Å²) in [7, 11) is 0. The van der Waals surface area contributed by atoms with Crippen molar-refractivity contribution in [1.82, 2.24) is 0 Å². The molecule has 0 unspecified atom stereocenters. The molecule has 3 heteroatoms. The third-order valence-corrected chi connectivity index (χ3v) is 7.01. The Balaban J connectivity index is 1.59. The van der Waals surface area contributed by atoms with Crippen molar-refractivity contribution in [2.45, 2.75) is 76.9 Å². The van der Waals surface area contributed by atoms with Crippen LogP contribution in [0.25, 0.3) is 0 Å². The highest BCUT2D eigenvalue weighted by Crippen LogP contribution is 2.43. The second-order valence-electron chi connectivity index (χ2n) is 9.74. The number of amides is 1. The van der Waals surface area contributed by atoms with E-state index in [1.807, 2.05) is 0 Å². The van der Waals surface area contributed by atoms with Crippen molar-refractivity contribution in [1.29, 1.82) is 0 Å². The lowest BCUT2D eigenvalue weighted by Gasteiger charge is -2.36. The number of hydrogen-bond acceptors (Lipinski definition) is 2. The first-order chi connectivity index (χ1) is 14.2. The molecule has 2 aromatic carbocycles. The molecule has 2 aliphatic rings. The van der Waals surface area contributed by atoms with Gasteiger partial charge in [-0.2, -0.15) is 0 Å². The van der Waals surface area contributed by atoms with Crippen molar-refractivity contribution in [3.8, 4) is 0 Å². The normalized spacial score (nSPS) is 28.1. The number of carbonyl (C=O) groups is 1. The number of anilines is 1. The predicted molar refractivity (Wildman–Crippen MR) is 123 cm³/mol. The number of nitrogens with one attached hydrogen (secondary N) is 1. The van der Waals surface area contributed by atoms with Gasteiger partial charge in [-0.05, 0) is 69.2 Å². The topological polar surface area (TPSA) is 38.3 Å². The van der Waals surface area contributed by atoms with Gasteiger partial charge in [0, 0.05) is 17.5 Å². The van der Waals surface area contributed by atoms with Crippen molar-refractivity contribution in [3.63, 3.8) is 0 Å². The van der Waals surface area contributed by atoms with Crippen LogP contribution in [0.5, 0.6) is 0 Å². The van der Waals surface area contributed by atoms with E-state index in [2.05, 4.69) is 82.1 Å². The van der Waals surface area contributed by atoms with Gasteiger partial charge >= 0.3 is 0 Å². The Labute approximate surface area is 180 Å². The molecule has 0 saturated carbocycles. The number of ether oxygens (including phenoxy) is 1. The molecule has 3 nitrogen and oxygen atoms in total. The molecule has 2 aromatic rings. The third-order valence-electron chi connectivity index (χ3n) is 7.01. The van der Waals surface area contributed by atoms with E-state index in [1.54, 1.807) is 0 Å². The number of hydrogen-bond donors (Lipinski definition) is 1. The molecule has 1 fully saturated rings. The zero-order chi connectivity index (χ0) is 21.5. The highest BCUT2D eigenvalue weighted by atomic mass is 16.5. The SMILES string of the molecule is C=C(C)[C@@H]1CC[C@](C)(CCc2ccc3c(c2)[C@@](C)(c2ccc(C)cc2)CC(=O)N3)O1. The fourth-order valence-electron chi connectivity index (χ4n) is 4.94. The first kappa shape index (κ1) is 20.9. The average Bonchev–Trinajstić information content (AvgIpc) is 3.10. The van der Waals surface area contributed by atoms with Crippen molar-refractivity contribution in [2.75, 3.05) is 5.32 Å². The van der Waals surface area contributed by atoms with Crippen LogP contribution in [0.1, 0.15) is 68.7 Å². The summed E-state index contributed by atoms with van der Waals surface area (Å²) in [5.41, 5.74) is 6.58. The molecule has 1 saturated heterocycles. The van der Waals surface area contributed by atoms with Crippen LogP contribution >= 0.6 is 0 Å². The molecule has 158 valence electrons. The molecule has 0 bridgehead atoms. The predicted octanol–water partition coefficient (Wildman–Crippen LogP) is 6.09. The number of carbonyl (C=O) groups excluding carboxylic acids is 1. The standard InChI is InChI=1S/C27H33NO2/c1-18(2)24-13-15-26(4,30-24)14-12-20-8-11-23-22(16-20)27(5,17-25(29)28-23)21-9-6-19(3)7-10-21/h6-11,16,24H,1,12-15,17H2,2-5H3,(H,28,29)/t24-,26-,27+/m0/s1. The highest BCUT2D eigenvalue weighted by Gasteiger charge is 2.38. The fraction of sp³-hybridized carbons (Fsp3) is 0.444. The molecule has 0 spiro atoms. The van der Waals surface area contributed by atoms with Gasteiger partial charge in [0.05, 0.1) is 11.7 Å². The Morgan fingerprint density at radius 3 is 2.60 bits per heavy atom. The maximum Gasteiger partial charge on any atom is 0.225 e. The van der Waals surface area contributed by atoms with Crippen LogP contribution in [0.4, 0.5) is 5.69 Å². The van der Waals surface area contributed by atoms with Crippen molar-refractivity contribution < 1.29 is 9.53 Å². The Kier molecular flexibility index (Phi) is 5.36. The minimum Gasteiger partial charge on any atom is -0.368 e. The van der Waals surface area contributed by atoms with Gasteiger partial charge in [-0.15, -0.1) is 0 Å². The summed E-state index contributed by atoms with van der Waals surface area (Å²) in [5, 5.41) is 3.07. The molecule has 0 radical (unpaired) electrons. The van der Waals surface area contributed by atoms with Gasteiger partial charge in [0.1, 0.15) is 0 Å². The Morgan fingerprint density at radius 1 is 1.20 bits per heavy atom. The second-order valence-corrected chi connectivity index (χ2v) is 9.74. The monoisotopic (exact) mass is 403 g/mol. The van der Waals surface area contributed by atoms with Crippen LogP contribution in [0, 0.1) is 6.92 Å². The highest BCUT2D eigenvalue weighted by molar-refractivity contribution is 5.96. The average molecular weight is 404 g/mol. The van der Waals surface area contributed by atoms with E-state index in [0.717, 1.165) is 36.9 Å². The molecule has 4 rings (SSSR count). The minimum atomic E-state index is -0.319. The Hall–Kier alpha value is -2.39. The second kappa shape index (κ2) is 7.70. The molecule has 2 heterocycles. The van der Waals surface area contributed by atoms with E-state index < -0.39 is 0 Å². The van der Waals surface area contributed by atoms with Gasteiger partial charge in [-0.1, -0.05) is 61.0 Å². The lowest BCUT2D eigenvalue weighted by atomic mass is 9.70. The minimum absolute atomic E-state index is 0.0797. The molecule has 3 atom stereocenters. The molecule has 0 aromatic heterocycles. The van der Waals surface area contributed by atoms with E-state index in [-0.39, 0.29) is 23.0 Å². The molecular formula is C27H33NO2. The van der Waals surface area contributed by atoms with Gasteiger partial charge in [-0.3, -0.25) is 4.79 Å². The smallest absolute Gasteiger partial charge is 0.225 e. The first-order valence-corrected chi connectivity index (χ1v) is 11.0. The van der Waals surface area contributed by atoms with Crippen molar-refractivity contribution >= 4 is 11.6 Å². The Bertz CT molecular complexity index is 977. The van der Waals surface area contributed by atoms with Crippen LogP contribution in [0.2, 0.25) is 0 Å². The van der Waals surface area contributed by atoms with Crippen molar-refractivity contribution in [2.24, 2.45) is 0 Å². The summed E-state index contributed by atoms with van der Waals surface area (Å²) < 4.78 is 6.32. The largest absolute Gasteiger partial charge is 0.368 e. The number of fused-ring (bicyclic) bond motifs is 1. The molecule has 0 aliphatic carbocycles. The van der Waals surface area contributed by atoms with Crippen LogP contribution < -0.4 is 5.32 Å². The van der Waals surface area contributed by atoms with Gasteiger partial charge in [-0.25, -0.2) is 0 Å². The molecule has 1 N–H and O–H groups in total. The fourth-order valence-corrected chi connectivity index (χ4v) is 4.94. The molecule has 30 heavy (non-hydrogen) atoms. The van der Waals surface area contributed by atoms with E-state index >= 15 is 0 Å². The zero-order valence-corrected chi connectivity index (χ0v) is 18.7. The van der Waals surface area contributed by atoms with E-state index in [9.17, 15) is 4.79 Å². The van der Waals surface area contributed by atoms with Crippen LogP contribution in [-0.4, -0.2) is 17.6 Å². The zero-order valence-electron chi connectivity index (χ0n) is 18.7. The summed E-state index contributed by atoms with van der Waals surface area (Å²) in [6, 6.07) is 15.1. The van der Waals surface area contributed by atoms with Gasteiger partial charge in [0.15, 0.2) is 0 Å². The lowest BCUT2D eigenvalue weighted by molar-refractivity contribution is -0.117. The maximum atomic E-state index is 12.5. The van der Waals surface area contributed by atoms with E-state index in [1.165, 1.54) is 22.3 Å². The quantitative estimate of drug-likeness (QED) is 0.614. The third kappa shape index (κ3) is 3.96. The summed E-state index contributed by atoms with van der Waals surface area (Å²) >= 11 is 0. The number of benzene rings is 2. The maximum absolute atomic E-state index is 12.5. The van der Waals surface area contributed by atoms with E-state index in [0.29, 0.717) is 6.42 Å². The van der Waals surface area contributed by atoms with E-state index in [4.69, 9.17) is 4.74 Å². The molecular weight excluding hydrogens is 370 g/mol. The summed E-state index contributed by atoms with van der Waals surface area (Å²) in [5.74, 6) is 0.0797. The van der Waals surface area contributed by atoms with Gasteiger partial charge in [0.2, 0.25) is 5.91 Å².